The summed E-state index contributed by atoms with van der Waals surface area (Å²) in [5.74, 6) is 0.196. The van der Waals surface area contributed by atoms with Crippen LogP contribution in [0.25, 0.3) is 0 Å². The van der Waals surface area contributed by atoms with Crippen molar-refractivity contribution in [3.8, 4) is 0 Å². The third kappa shape index (κ3) is 5.00. The Labute approximate surface area is 141 Å². The molecule has 0 atom stereocenters. The number of rotatable bonds is 5. The maximum atomic E-state index is 12.5. The topological polar surface area (TPSA) is 65.5 Å². The standard InChI is InChI=1S/C16H26N4O2S/c1-11(2)9-14(21)18-16-17-13(10-23-16)15(22)20-7-5-19(6-8-20)12(3)4/h10-12H,5-9H2,1-4H3,(H,17,18,21). The molecule has 23 heavy (non-hydrogen) atoms. The number of piperazine rings is 1. The van der Waals surface area contributed by atoms with Crippen molar-refractivity contribution in [2.75, 3.05) is 31.5 Å². The number of nitrogens with zero attached hydrogens (tertiary/aromatic N) is 3. The molecule has 0 bridgehead atoms. The second kappa shape index (κ2) is 7.88. The van der Waals surface area contributed by atoms with Crippen molar-refractivity contribution in [3.05, 3.63) is 11.1 Å². The number of hydrogen-bond acceptors (Lipinski definition) is 5. The van der Waals surface area contributed by atoms with E-state index in [1.807, 2.05) is 18.7 Å². The van der Waals surface area contributed by atoms with E-state index in [1.54, 1.807) is 5.38 Å². The van der Waals surface area contributed by atoms with Gasteiger partial charge in [0.05, 0.1) is 0 Å². The maximum absolute atomic E-state index is 12.5. The van der Waals surface area contributed by atoms with Gasteiger partial charge in [-0.15, -0.1) is 11.3 Å². The van der Waals surface area contributed by atoms with Crippen LogP contribution in [0.2, 0.25) is 0 Å². The van der Waals surface area contributed by atoms with Gasteiger partial charge in [-0.05, 0) is 19.8 Å². The van der Waals surface area contributed by atoms with E-state index in [2.05, 4.69) is 29.0 Å². The molecular formula is C16H26N4O2S. The van der Waals surface area contributed by atoms with Crippen molar-refractivity contribution in [1.29, 1.82) is 0 Å². The Morgan fingerprint density at radius 1 is 1.22 bits per heavy atom. The van der Waals surface area contributed by atoms with Gasteiger partial charge in [-0.2, -0.15) is 0 Å². The molecule has 2 rings (SSSR count). The first kappa shape index (κ1) is 17.9. The van der Waals surface area contributed by atoms with E-state index in [1.165, 1.54) is 11.3 Å². The number of hydrogen-bond donors (Lipinski definition) is 1. The monoisotopic (exact) mass is 338 g/mol. The Bertz CT molecular complexity index is 548. The van der Waals surface area contributed by atoms with Crippen LogP contribution in [0.1, 0.15) is 44.6 Å². The molecule has 0 spiro atoms. The molecule has 1 fully saturated rings. The highest BCUT2D eigenvalue weighted by molar-refractivity contribution is 7.14. The molecule has 0 saturated carbocycles. The van der Waals surface area contributed by atoms with Crippen LogP contribution in [0.4, 0.5) is 5.13 Å². The van der Waals surface area contributed by atoms with Crippen molar-refractivity contribution in [1.82, 2.24) is 14.8 Å². The van der Waals surface area contributed by atoms with Crippen LogP contribution in [0.3, 0.4) is 0 Å². The molecular weight excluding hydrogens is 312 g/mol. The van der Waals surface area contributed by atoms with Gasteiger partial charge < -0.3 is 10.2 Å². The molecule has 0 radical (unpaired) electrons. The normalized spacial score (nSPS) is 16.2. The van der Waals surface area contributed by atoms with Gasteiger partial charge in [0.1, 0.15) is 5.69 Å². The third-order valence-corrected chi connectivity index (χ3v) is 4.65. The Morgan fingerprint density at radius 3 is 2.43 bits per heavy atom. The van der Waals surface area contributed by atoms with E-state index in [0.29, 0.717) is 29.2 Å². The van der Waals surface area contributed by atoms with E-state index >= 15 is 0 Å². The van der Waals surface area contributed by atoms with E-state index in [9.17, 15) is 9.59 Å². The molecule has 0 aromatic carbocycles. The van der Waals surface area contributed by atoms with Gasteiger partial charge in [-0.1, -0.05) is 13.8 Å². The average Bonchev–Trinajstić information content (AvgIpc) is 2.94. The average molecular weight is 338 g/mol. The maximum Gasteiger partial charge on any atom is 0.273 e. The second-order valence-electron chi connectivity index (χ2n) is 6.61. The Kier molecular flexibility index (Phi) is 6.12. The van der Waals surface area contributed by atoms with Gasteiger partial charge in [0.15, 0.2) is 5.13 Å². The van der Waals surface area contributed by atoms with E-state index < -0.39 is 0 Å². The Balaban J connectivity index is 1.90. The number of carbonyl (C=O) groups is 2. The van der Waals surface area contributed by atoms with Crippen molar-refractivity contribution < 1.29 is 9.59 Å². The van der Waals surface area contributed by atoms with Crippen molar-refractivity contribution >= 4 is 28.3 Å². The smallest absolute Gasteiger partial charge is 0.273 e. The number of carbonyl (C=O) groups excluding carboxylic acids is 2. The lowest BCUT2D eigenvalue weighted by atomic mass is 10.1. The minimum Gasteiger partial charge on any atom is -0.335 e. The van der Waals surface area contributed by atoms with Gasteiger partial charge in [0.25, 0.3) is 5.91 Å². The van der Waals surface area contributed by atoms with Gasteiger partial charge in [0.2, 0.25) is 5.91 Å². The first-order valence-electron chi connectivity index (χ1n) is 8.15. The summed E-state index contributed by atoms with van der Waals surface area (Å²) in [5, 5.41) is 4.99. The highest BCUT2D eigenvalue weighted by Gasteiger charge is 2.25. The lowest BCUT2D eigenvalue weighted by molar-refractivity contribution is -0.116. The zero-order valence-corrected chi connectivity index (χ0v) is 15.2. The molecule has 1 N–H and O–H groups in total. The number of nitrogens with one attached hydrogen (secondary N) is 1. The fraction of sp³-hybridized carbons (Fsp3) is 0.688. The molecule has 7 heteroatoms. The van der Waals surface area contributed by atoms with Crippen molar-refractivity contribution in [2.45, 2.75) is 40.2 Å². The lowest BCUT2D eigenvalue weighted by Crippen LogP contribution is -2.50. The fourth-order valence-electron chi connectivity index (χ4n) is 2.57. The summed E-state index contributed by atoms with van der Waals surface area (Å²) in [4.78, 5) is 32.7. The molecule has 128 valence electrons. The SMILES string of the molecule is CC(C)CC(=O)Nc1nc(C(=O)N2CCN(C(C)C)CC2)cs1. The molecule has 2 heterocycles. The highest BCUT2D eigenvalue weighted by Crippen LogP contribution is 2.18. The summed E-state index contributed by atoms with van der Waals surface area (Å²) >= 11 is 1.30. The molecule has 0 aliphatic carbocycles. The number of anilines is 1. The molecule has 2 amide bonds. The summed E-state index contributed by atoms with van der Waals surface area (Å²) in [6.45, 7) is 11.6. The van der Waals surface area contributed by atoms with Crippen molar-refractivity contribution in [2.24, 2.45) is 5.92 Å². The van der Waals surface area contributed by atoms with Crippen LogP contribution < -0.4 is 5.32 Å². The number of thiazole rings is 1. The molecule has 1 aromatic rings. The number of aromatic nitrogens is 1. The van der Waals surface area contributed by atoms with E-state index in [4.69, 9.17) is 0 Å². The van der Waals surface area contributed by atoms with E-state index in [-0.39, 0.29) is 11.8 Å². The van der Waals surface area contributed by atoms with Crippen LogP contribution in [0.15, 0.2) is 5.38 Å². The minimum atomic E-state index is -0.0566. The van der Waals surface area contributed by atoms with Crippen LogP contribution in [0, 0.1) is 5.92 Å². The summed E-state index contributed by atoms with van der Waals surface area (Å²) < 4.78 is 0. The lowest BCUT2D eigenvalue weighted by Gasteiger charge is -2.36. The predicted octanol–water partition coefficient (Wildman–Crippen LogP) is 2.29. The first-order valence-corrected chi connectivity index (χ1v) is 9.03. The molecule has 6 nitrogen and oxygen atoms in total. The fourth-order valence-corrected chi connectivity index (χ4v) is 3.27. The molecule has 1 aliphatic rings. The summed E-state index contributed by atoms with van der Waals surface area (Å²) in [6.07, 6.45) is 0.458. The zero-order chi connectivity index (χ0) is 17.0. The summed E-state index contributed by atoms with van der Waals surface area (Å²) in [7, 11) is 0. The quantitative estimate of drug-likeness (QED) is 0.894. The first-order chi connectivity index (χ1) is 10.9. The summed E-state index contributed by atoms with van der Waals surface area (Å²) in [5.41, 5.74) is 0.424. The highest BCUT2D eigenvalue weighted by atomic mass is 32.1. The minimum absolute atomic E-state index is 0.0472. The largest absolute Gasteiger partial charge is 0.335 e. The second-order valence-corrected chi connectivity index (χ2v) is 7.46. The van der Waals surface area contributed by atoms with Gasteiger partial charge >= 0.3 is 0 Å². The third-order valence-electron chi connectivity index (χ3n) is 3.90. The van der Waals surface area contributed by atoms with Crippen LogP contribution in [-0.4, -0.2) is 58.8 Å². The van der Waals surface area contributed by atoms with Gasteiger partial charge in [-0.25, -0.2) is 4.98 Å². The molecule has 0 unspecified atom stereocenters. The van der Waals surface area contributed by atoms with Gasteiger partial charge in [-0.3, -0.25) is 14.5 Å². The predicted molar refractivity (Wildman–Crippen MR) is 92.8 cm³/mol. The molecule has 1 saturated heterocycles. The van der Waals surface area contributed by atoms with Crippen LogP contribution in [0.5, 0.6) is 0 Å². The van der Waals surface area contributed by atoms with Crippen molar-refractivity contribution in [3.63, 3.8) is 0 Å². The van der Waals surface area contributed by atoms with Crippen LogP contribution >= 0.6 is 11.3 Å². The molecule has 1 aliphatic heterocycles. The van der Waals surface area contributed by atoms with Crippen LogP contribution in [-0.2, 0) is 4.79 Å². The zero-order valence-electron chi connectivity index (χ0n) is 14.3. The number of amides is 2. The Morgan fingerprint density at radius 2 is 1.87 bits per heavy atom. The Hall–Kier alpha value is -1.47. The van der Waals surface area contributed by atoms with Gasteiger partial charge in [0, 0.05) is 44.0 Å². The molecule has 1 aromatic heterocycles. The summed E-state index contributed by atoms with van der Waals surface area (Å²) in [6, 6.07) is 0.509. The van der Waals surface area contributed by atoms with E-state index in [0.717, 1.165) is 26.2 Å².